The summed E-state index contributed by atoms with van der Waals surface area (Å²) >= 11 is 1.55. The van der Waals surface area contributed by atoms with Crippen molar-refractivity contribution in [3.63, 3.8) is 0 Å². The van der Waals surface area contributed by atoms with E-state index in [-0.39, 0.29) is 5.91 Å². The molecule has 0 bridgehead atoms. The van der Waals surface area contributed by atoms with Crippen LogP contribution in [0, 0.1) is 13.8 Å². The van der Waals surface area contributed by atoms with Gasteiger partial charge in [0, 0.05) is 49.2 Å². The molecule has 0 aliphatic carbocycles. The molecule has 0 aromatic carbocycles. The molecule has 3 aromatic rings. The first-order chi connectivity index (χ1) is 14.0. The number of thiophene rings is 1. The average Bonchev–Trinajstić information content (AvgIpc) is 3.38. The van der Waals surface area contributed by atoms with Gasteiger partial charge in [-0.25, -0.2) is 9.97 Å². The molecule has 150 valence electrons. The second-order valence-electron chi connectivity index (χ2n) is 7.47. The largest absolute Gasteiger partial charge is 0.341 e. The van der Waals surface area contributed by atoms with Crippen LogP contribution in [0.4, 0.5) is 5.95 Å². The number of hydrogen-bond donors (Lipinski definition) is 0. The molecule has 0 saturated carbocycles. The van der Waals surface area contributed by atoms with Gasteiger partial charge >= 0.3 is 0 Å². The summed E-state index contributed by atoms with van der Waals surface area (Å²) in [6.07, 6.45) is 7.74. The number of aromatic nitrogens is 3. The number of carbonyl (C=O) groups is 1. The molecule has 4 heterocycles. The SMILES string of the molecule is Cc1cc(C(=O)N(C)Cc2nc(N3CCCC3)ncc2-c2ccncc2)sc1C. The Morgan fingerprint density at radius 2 is 1.93 bits per heavy atom. The fourth-order valence-electron chi connectivity index (χ4n) is 3.53. The molecule has 0 atom stereocenters. The zero-order chi connectivity index (χ0) is 20.4. The van der Waals surface area contributed by atoms with Crippen molar-refractivity contribution >= 4 is 23.2 Å². The van der Waals surface area contributed by atoms with Gasteiger partial charge in [-0.1, -0.05) is 0 Å². The van der Waals surface area contributed by atoms with E-state index in [9.17, 15) is 4.79 Å². The summed E-state index contributed by atoms with van der Waals surface area (Å²) in [5.74, 6) is 0.771. The molecule has 4 rings (SSSR count). The fourth-order valence-corrected chi connectivity index (χ4v) is 4.56. The van der Waals surface area contributed by atoms with Crippen LogP contribution in [0.15, 0.2) is 36.8 Å². The van der Waals surface area contributed by atoms with Crippen molar-refractivity contribution in [1.82, 2.24) is 19.9 Å². The molecular weight excluding hydrogens is 382 g/mol. The van der Waals surface area contributed by atoms with Crippen LogP contribution < -0.4 is 4.90 Å². The first-order valence-electron chi connectivity index (χ1n) is 9.86. The molecule has 0 unspecified atom stereocenters. The second kappa shape index (κ2) is 8.29. The van der Waals surface area contributed by atoms with Crippen molar-refractivity contribution in [2.24, 2.45) is 0 Å². The van der Waals surface area contributed by atoms with Gasteiger partial charge in [-0.3, -0.25) is 9.78 Å². The van der Waals surface area contributed by atoms with Gasteiger partial charge in [0.05, 0.1) is 17.1 Å². The highest BCUT2D eigenvalue weighted by Crippen LogP contribution is 2.27. The van der Waals surface area contributed by atoms with E-state index in [1.165, 1.54) is 17.7 Å². The van der Waals surface area contributed by atoms with E-state index in [1.807, 2.05) is 45.3 Å². The quantitative estimate of drug-likeness (QED) is 0.637. The molecule has 0 N–H and O–H groups in total. The van der Waals surface area contributed by atoms with Crippen molar-refractivity contribution < 1.29 is 4.79 Å². The van der Waals surface area contributed by atoms with Gasteiger partial charge < -0.3 is 9.80 Å². The topological polar surface area (TPSA) is 62.2 Å². The van der Waals surface area contributed by atoms with Crippen LogP contribution in [0.1, 0.15) is 38.6 Å². The van der Waals surface area contributed by atoms with E-state index in [4.69, 9.17) is 4.98 Å². The average molecular weight is 408 g/mol. The number of rotatable bonds is 5. The van der Waals surface area contributed by atoms with Crippen LogP contribution in [0.2, 0.25) is 0 Å². The van der Waals surface area contributed by atoms with Crippen molar-refractivity contribution in [3.8, 4) is 11.1 Å². The molecule has 1 aliphatic heterocycles. The molecule has 1 saturated heterocycles. The molecule has 0 radical (unpaired) electrons. The lowest BCUT2D eigenvalue weighted by Gasteiger charge is -2.21. The normalized spacial score (nSPS) is 13.7. The lowest BCUT2D eigenvalue weighted by Crippen LogP contribution is -2.27. The van der Waals surface area contributed by atoms with Gasteiger partial charge in [0.2, 0.25) is 5.95 Å². The van der Waals surface area contributed by atoms with Gasteiger partial charge in [-0.05, 0) is 56.0 Å². The summed E-state index contributed by atoms with van der Waals surface area (Å²) < 4.78 is 0. The highest BCUT2D eigenvalue weighted by Gasteiger charge is 2.21. The van der Waals surface area contributed by atoms with Gasteiger partial charge in [-0.15, -0.1) is 11.3 Å². The Morgan fingerprint density at radius 3 is 2.59 bits per heavy atom. The minimum Gasteiger partial charge on any atom is -0.341 e. The molecule has 7 heteroatoms. The molecule has 3 aromatic heterocycles. The van der Waals surface area contributed by atoms with Crippen molar-refractivity contribution in [2.75, 3.05) is 25.0 Å². The third kappa shape index (κ3) is 4.15. The predicted molar refractivity (Wildman–Crippen MR) is 116 cm³/mol. The van der Waals surface area contributed by atoms with E-state index >= 15 is 0 Å². The number of anilines is 1. The third-order valence-electron chi connectivity index (χ3n) is 5.35. The van der Waals surface area contributed by atoms with Crippen LogP contribution in [0.3, 0.4) is 0 Å². The first-order valence-corrected chi connectivity index (χ1v) is 10.7. The number of hydrogen-bond acceptors (Lipinski definition) is 6. The Balaban J connectivity index is 1.65. The fraction of sp³-hybridized carbons (Fsp3) is 0.364. The lowest BCUT2D eigenvalue weighted by molar-refractivity contribution is 0.0788. The summed E-state index contributed by atoms with van der Waals surface area (Å²) in [5.41, 5.74) is 3.96. The van der Waals surface area contributed by atoms with Crippen LogP contribution in [0.25, 0.3) is 11.1 Å². The predicted octanol–water partition coefficient (Wildman–Crippen LogP) is 4.09. The van der Waals surface area contributed by atoms with Crippen molar-refractivity contribution in [2.45, 2.75) is 33.2 Å². The van der Waals surface area contributed by atoms with E-state index in [0.29, 0.717) is 6.54 Å². The Bertz CT molecular complexity index is 992. The number of pyridine rings is 1. The summed E-state index contributed by atoms with van der Waals surface area (Å²) in [5, 5.41) is 0. The maximum atomic E-state index is 13.0. The second-order valence-corrected chi connectivity index (χ2v) is 8.73. The first kappa shape index (κ1) is 19.5. The van der Waals surface area contributed by atoms with E-state index < -0.39 is 0 Å². The Morgan fingerprint density at radius 1 is 1.21 bits per heavy atom. The molecule has 29 heavy (non-hydrogen) atoms. The zero-order valence-corrected chi connectivity index (χ0v) is 17.9. The Hall–Kier alpha value is -2.80. The molecule has 0 spiro atoms. The van der Waals surface area contributed by atoms with Gasteiger partial charge in [-0.2, -0.15) is 0 Å². The monoisotopic (exact) mass is 407 g/mol. The number of carbonyl (C=O) groups excluding carboxylic acids is 1. The molecule has 1 amide bonds. The lowest BCUT2D eigenvalue weighted by atomic mass is 10.1. The standard InChI is InChI=1S/C22H25N5OS/c1-15-12-20(29-16(15)2)21(28)26(3)14-19-18(17-6-8-23-9-7-17)13-24-22(25-19)27-10-4-5-11-27/h6-9,12-13H,4-5,10-11,14H2,1-3H3. The number of aryl methyl sites for hydroxylation is 2. The summed E-state index contributed by atoms with van der Waals surface area (Å²) in [6.45, 7) is 6.48. The smallest absolute Gasteiger partial charge is 0.264 e. The summed E-state index contributed by atoms with van der Waals surface area (Å²) in [6, 6.07) is 5.87. The van der Waals surface area contributed by atoms with Crippen molar-refractivity contribution in [3.05, 3.63) is 57.8 Å². The van der Waals surface area contributed by atoms with E-state index in [2.05, 4.69) is 14.9 Å². The molecule has 1 aliphatic rings. The Kier molecular flexibility index (Phi) is 5.58. The van der Waals surface area contributed by atoms with E-state index in [1.54, 1.807) is 28.6 Å². The van der Waals surface area contributed by atoms with E-state index in [0.717, 1.165) is 46.3 Å². The van der Waals surface area contributed by atoms with Crippen LogP contribution in [0.5, 0.6) is 0 Å². The van der Waals surface area contributed by atoms with Crippen LogP contribution in [-0.2, 0) is 6.54 Å². The zero-order valence-electron chi connectivity index (χ0n) is 17.1. The van der Waals surface area contributed by atoms with Gasteiger partial charge in [0.25, 0.3) is 5.91 Å². The summed E-state index contributed by atoms with van der Waals surface area (Å²) in [4.78, 5) is 32.5. The molecule has 6 nitrogen and oxygen atoms in total. The summed E-state index contributed by atoms with van der Waals surface area (Å²) in [7, 11) is 1.83. The highest BCUT2D eigenvalue weighted by atomic mass is 32.1. The maximum Gasteiger partial charge on any atom is 0.264 e. The minimum atomic E-state index is 0.0215. The molecule has 1 fully saturated rings. The minimum absolute atomic E-state index is 0.0215. The molecular formula is C22H25N5OS. The Labute approximate surface area is 175 Å². The van der Waals surface area contributed by atoms with Crippen LogP contribution in [-0.4, -0.2) is 45.9 Å². The van der Waals surface area contributed by atoms with Gasteiger partial charge in [0.15, 0.2) is 0 Å². The number of nitrogens with zero attached hydrogens (tertiary/aromatic N) is 5. The maximum absolute atomic E-state index is 13.0. The third-order valence-corrected chi connectivity index (χ3v) is 6.49. The highest BCUT2D eigenvalue weighted by molar-refractivity contribution is 7.14. The number of amides is 1. The van der Waals surface area contributed by atoms with Gasteiger partial charge in [0.1, 0.15) is 0 Å². The van der Waals surface area contributed by atoms with Crippen molar-refractivity contribution in [1.29, 1.82) is 0 Å². The van der Waals surface area contributed by atoms with Crippen LogP contribution >= 0.6 is 11.3 Å².